The molecule has 0 saturated heterocycles. The van der Waals surface area contributed by atoms with Crippen molar-refractivity contribution in [1.82, 2.24) is 4.90 Å². The van der Waals surface area contributed by atoms with Crippen molar-refractivity contribution < 1.29 is 30.0 Å². The minimum atomic E-state index is -0.979. The Kier molecular flexibility index (Phi) is 13.8. The third kappa shape index (κ3) is 18.8. The van der Waals surface area contributed by atoms with E-state index >= 15 is 0 Å². The van der Waals surface area contributed by atoms with E-state index < -0.39 is 5.97 Å². The van der Waals surface area contributed by atoms with Crippen LogP contribution in [-0.2, 0) is 50.2 Å². The van der Waals surface area contributed by atoms with Gasteiger partial charge in [-0.2, -0.15) is 11.3 Å². The molecular formula is C15H28N2O2S2Tc. The molecule has 0 aromatic carbocycles. The largest absolute Gasteiger partial charge is 4.00 e. The Balaban J connectivity index is 0. The zero-order chi connectivity index (χ0) is 16.5. The van der Waals surface area contributed by atoms with E-state index in [1.54, 1.807) is 0 Å². The molecule has 0 heterocycles. The van der Waals surface area contributed by atoms with Crippen LogP contribution in [0, 0.1) is 0 Å². The van der Waals surface area contributed by atoms with Crippen molar-refractivity contribution >= 4 is 31.2 Å². The van der Waals surface area contributed by atoms with Crippen LogP contribution < -0.4 is 5.11 Å². The number of hydrogen-bond donors (Lipinski definition) is 0. The fourth-order valence-electron chi connectivity index (χ4n) is 1.97. The Bertz CT molecular complexity index is 305. The maximum atomic E-state index is 10.4. The quantitative estimate of drug-likeness (QED) is 0.344. The molecule has 0 rings (SSSR count). The van der Waals surface area contributed by atoms with Gasteiger partial charge in [0.1, 0.15) is 0 Å². The number of rotatable bonds is 12. The van der Waals surface area contributed by atoms with Crippen molar-refractivity contribution in [3.8, 4) is 0 Å². The van der Waals surface area contributed by atoms with Gasteiger partial charge in [-0.3, -0.25) is 0 Å². The summed E-state index contributed by atoms with van der Waals surface area (Å²) < 4.78 is -0.373. The minimum absolute atomic E-state index is 0. The molecule has 4 nitrogen and oxygen atoms in total. The van der Waals surface area contributed by atoms with Gasteiger partial charge in [0.25, 0.3) is 0 Å². The van der Waals surface area contributed by atoms with Gasteiger partial charge >= 0.3 is 20.1 Å². The first-order valence-corrected chi connectivity index (χ1v) is 8.27. The van der Waals surface area contributed by atoms with Crippen LogP contribution in [0.2, 0.25) is 0 Å². The minimum Gasteiger partial charge on any atom is -0.788 e. The normalized spacial score (nSPS) is 12.3. The van der Waals surface area contributed by atoms with Crippen molar-refractivity contribution in [2.45, 2.75) is 56.5 Å². The van der Waals surface area contributed by atoms with E-state index in [-0.39, 0.29) is 36.0 Å². The van der Waals surface area contributed by atoms with E-state index in [1.807, 2.05) is 27.7 Å². The summed E-state index contributed by atoms with van der Waals surface area (Å²) in [5.41, 5.74) is 0. The first-order chi connectivity index (χ1) is 9.49. The SMILES string of the molecule is CC(C)([S-])C[N-]CCN(CCCCC(=O)[O-])CC(C)(C)[S-].[99Tc+4]. The third-order valence-corrected chi connectivity index (χ3v) is 3.03. The maximum Gasteiger partial charge on any atom is 4.00 e. The first-order valence-electron chi connectivity index (χ1n) is 7.46. The number of carboxylic acids is 1. The second-order valence-corrected chi connectivity index (χ2v) is 8.94. The molecule has 0 saturated carbocycles. The van der Waals surface area contributed by atoms with Crippen LogP contribution in [0.15, 0.2) is 0 Å². The molecule has 0 unspecified atom stereocenters. The zero-order valence-electron chi connectivity index (χ0n) is 14.1. The van der Waals surface area contributed by atoms with Gasteiger partial charge in [-0.15, -0.1) is 11.3 Å². The van der Waals surface area contributed by atoms with E-state index in [2.05, 4.69) is 10.2 Å². The topological polar surface area (TPSA) is 57.5 Å². The van der Waals surface area contributed by atoms with E-state index in [1.165, 1.54) is 0 Å². The van der Waals surface area contributed by atoms with E-state index in [9.17, 15) is 9.90 Å². The molecule has 129 valence electrons. The zero-order valence-corrected chi connectivity index (χ0v) is 17.6. The van der Waals surface area contributed by atoms with Gasteiger partial charge < -0.3 is 45.4 Å². The van der Waals surface area contributed by atoms with Gasteiger partial charge in [0.05, 0.1) is 0 Å². The Morgan fingerprint density at radius 2 is 1.68 bits per heavy atom. The summed E-state index contributed by atoms with van der Waals surface area (Å²) in [6.07, 6.45) is 1.61. The number of aliphatic carboxylic acids is 1. The number of carbonyl (C=O) groups excluding carboxylic acids is 1. The summed E-state index contributed by atoms with van der Waals surface area (Å²) in [4.78, 5) is 12.7. The third-order valence-electron chi connectivity index (χ3n) is 2.78. The number of unbranched alkanes of at least 4 members (excludes halogenated alkanes) is 1. The fraction of sp³-hybridized carbons (Fsp3) is 0.933. The van der Waals surface area contributed by atoms with Crippen LogP contribution in [-0.4, -0.2) is 53.1 Å². The molecule has 0 bridgehead atoms. The van der Waals surface area contributed by atoms with E-state index in [0.29, 0.717) is 13.0 Å². The summed E-state index contributed by atoms with van der Waals surface area (Å²) in [6, 6.07) is 0. The molecule has 0 aromatic rings. The average molecular weight is 431 g/mol. The molecule has 0 atom stereocenters. The molecule has 0 fully saturated rings. The second-order valence-electron chi connectivity index (χ2n) is 6.73. The van der Waals surface area contributed by atoms with Gasteiger partial charge in [0, 0.05) is 5.97 Å². The average Bonchev–Trinajstić information content (AvgIpc) is 2.26. The van der Waals surface area contributed by atoms with Crippen LogP contribution >= 0.6 is 0 Å². The van der Waals surface area contributed by atoms with Crippen molar-refractivity contribution in [3.05, 3.63) is 5.32 Å². The van der Waals surface area contributed by atoms with Crippen molar-refractivity contribution in [2.24, 2.45) is 0 Å². The second kappa shape index (κ2) is 12.2. The number of hydrogen-bond acceptors (Lipinski definition) is 5. The predicted octanol–water partition coefficient (Wildman–Crippen LogP) is 1.23. The standard InChI is InChI=1S/C15H31N2O2S2.Tc/c1-14(2,20)11-16-8-10-17(12-15(3,4)21)9-6-5-7-13(18)19;/h20-21H,5-12H2,1-4H3,(H,18,19);/q-1;+4/p-3/i;1+1. The summed E-state index contributed by atoms with van der Waals surface area (Å²) in [5.74, 6) is -0.979. The molecule has 22 heavy (non-hydrogen) atoms. The molecule has 1 radical (unpaired) electrons. The molecule has 0 aliphatic heterocycles. The monoisotopic (exact) mass is 431 g/mol. The summed E-state index contributed by atoms with van der Waals surface area (Å²) in [7, 11) is 0. The molecular weight excluding hydrogens is 403 g/mol. The number of carboxylic acid groups (broad SMARTS) is 1. The molecule has 0 aliphatic carbocycles. The molecule has 0 aliphatic rings. The number of nitrogens with zero attached hydrogens (tertiary/aromatic N) is 2. The van der Waals surface area contributed by atoms with Gasteiger partial charge in [0.2, 0.25) is 0 Å². The number of carbonyl (C=O) groups is 1. The van der Waals surface area contributed by atoms with Crippen LogP contribution in [0.5, 0.6) is 0 Å². The molecule has 7 heteroatoms. The molecule has 0 N–H and O–H groups in total. The van der Waals surface area contributed by atoms with Crippen molar-refractivity contribution in [2.75, 3.05) is 32.7 Å². The van der Waals surface area contributed by atoms with Gasteiger partial charge in [-0.1, -0.05) is 27.7 Å². The fourth-order valence-corrected chi connectivity index (χ4v) is 2.25. The maximum absolute atomic E-state index is 10.4. The van der Waals surface area contributed by atoms with E-state index in [4.69, 9.17) is 25.3 Å². The smallest absolute Gasteiger partial charge is 0.788 e. The van der Waals surface area contributed by atoms with Crippen molar-refractivity contribution in [1.29, 1.82) is 0 Å². The Morgan fingerprint density at radius 1 is 1.09 bits per heavy atom. The molecule has 0 amide bonds. The van der Waals surface area contributed by atoms with Crippen LogP contribution in [0.3, 0.4) is 0 Å². The van der Waals surface area contributed by atoms with Gasteiger partial charge in [-0.05, 0) is 38.9 Å². The van der Waals surface area contributed by atoms with Crippen LogP contribution in [0.4, 0.5) is 0 Å². The van der Waals surface area contributed by atoms with Crippen LogP contribution in [0.1, 0.15) is 47.0 Å². The van der Waals surface area contributed by atoms with Crippen molar-refractivity contribution in [3.63, 3.8) is 0 Å². The Hall–Kier alpha value is 0.739. The Morgan fingerprint density at radius 3 is 2.14 bits per heavy atom. The molecule has 0 spiro atoms. The van der Waals surface area contributed by atoms with Crippen LogP contribution in [0.25, 0.3) is 5.32 Å². The predicted molar refractivity (Wildman–Crippen MR) is 91.3 cm³/mol. The van der Waals surface area contributed by atoms with E-state index in [0.717, 1.165) is 32.6 Å². The summed E-state index contributed by atoms with van der Waals surface area (Å²) in [6.45, 7) is 12.0. The van der Waals surface area contributed by atoms with Gasteiger partial charge in [-0.25, -0.2) is 0 Å². The Labute approximate surface area is 160 Å². The summed E-state index contributed by atoms with van der Waals surface area (Å²) >= 11 is 10.7. The van der Waals surface area contributed by atoms with Gasteiger partial charge in [0.15, 0.2) is 0 Å². The summed E-state index contributed by atoms with van der Waals surface area (Å²) in [5, 5.41) is 14.9. The first kappa shape index (κ1) is 25.0. The molecule has 0 aromatic heterocycles.